The van der Waals surface area contributed by atoms with Crippen molar-refractivity contribution in [3.8, 4) is 11.5 Å². The van der Waals surface area contributed by atoms with Gasteiger partial charge in [0.1, 0.15) is 19.0 Å². The summed E-state index contributed by atoms with van der Waals surface area (Å²) in [6, 6.07) is 12.8. The minimum atomic E-state index is -0.280. The molecule has 1 amide bonds. The Morgan fingerprint density at radius 1 is 1.18 bits per heavy atom. The molecule has 2 aromatic carbocycles. The summed E-state index contributed by atoms with van der Waals surface area (Å²) in [5.74, 6) is 1.27. The fourth-order valence-electron chi connectivity index (χ4n) is 3.92. The van der Waals surface area contributed by atoms with Crippen molar-refractivity contribution in [1.29, 1.82) is 0 Å². The van der Waals surface area contributed by atoms with E-state index in [1.807, 2.05) is 12.1 Å². The average molecular weight is 384 g/mol. The summed E-state index contributed by atoms with van der Waals surface area (Å²) in [7, 11) is 1.73. The van der Waals surface area contributed by atoms with Gasteiger partial charge in [-0.3, -0.25) is 9.69 Å². The van der Waals surface area contributed by atoms with Gasteiger partial charge in [-0.1, -0.05) is 24.3 Å². The summed E-state index contributed by atoms with van der Waals surface area (Å²) in [6.07, 6.45) is 2.05. The molecule has 0 unspecified atom stereocenters. The molecule has 148 valence electrons. The maximum Gasteiger partial charge on any atom is 0.236 e. The van der Waals surface area contributed by atoms with E-state index in [0.717, 1.165) is 36.4 Å². The van der Waals surface area contributed by atoms with Crippen LogP contribution in [-0.2, 0) is 11.3 Å². The number of ether oxygens (including phenoxy) is 2. The van der Waals surface area contributed by atoms with E-state index in [2.05, 4.69) is 11.0 Å². The van der Waals surface area contributed by atoms with Crippen molar-refractivity contribution in [3.63, 3.8) is 0 Å². The number of likely N-dealkylation sites (tertiary alicyclic amines) is 1. The van der Waals surface area contributed by atoms with Gasteiger partial charge >= 0.3 is 0 Å². The third-order valence-electron chi connectivity index (χ3n) is 5.44. The standard InChI is InChI=1S/C22H25FN2O3/c1-24(14-17-5-2-3-6-18(17)23)22(26)15-25-10-4-7-19(25)16-8-9-20-21(13-16)28-12-11-27-20/h2-3,5-6,8-9,13,19H,4,7,10-12,14-15H2,1H3/t19-/m1/s1. The Labute approximate surface area is 164 Å². The van der Waals surface area contributed by atoms with Gasteiger partial charge in [-0.25, -0.2) is 4.39 Å². The van der Waals surface area contributed by atoms with Gasteiger partial charge in [0.25, 0.3) is 0 Å². The third-order valence-corrected chi connectivity index (χ3v) is 5.44. The van der Waals surface area contributed by atoms with Crippen LogP contribution in [0.5, 0.6) is 11.5 Å². The first-order valence-electron chi connectivity index (χ1n) is 9.73. The average Bonchev–Trinajstić information content (AvgIpc) is 3.17. The molecule has 0 N–H and O–H groups in total. The lowest BCUT2D eigenvalue weighted by Crippen LogP contribution is -2.38. The summed E-state index contributed by atoms with van der Waals surface area (Å²) >= 11 is 0. The van der Waals surface area contributed by atoms with Gasteiger partial charge < -0.3 is 14.4 Å². The first-order chi connectivity index (χ1) is 13.6. The molecule has 0 aliphatic carbocycles. The second-order valence-corrected chi connectivity index (χ2v) is 7.37. The second-order valence-electron chi connectivity index (χ2n) is 7.37. The molecule has 0 aromatic heterocycles. The Bertz CT molecular complexity index is 857. The highest BCUT2D eigenvalue weighted by Gasteiger charge is 2.29. The lowest BCUT2D eigenvalue weighted by atomic mass is 10.0. The summed E-state index contributed by atoms with van der Waals surface area (Å²) in [5, 5.41) is 0. The van der Waals surface area contributed by atoms with Crippen LogP contribution in [0.3, 0.4) is 0 Å². The predicted molar refractivity (Wildman–Crippen MR) is 104 cm³/mol. The fraction of sp³-hybridized carbons (Fsp3) is 0.409. The summed E-state index contributed by atoms with van der Waals surface area (Å²) in [4.78, 5) is 16.5. The van der Waals surface area contributed by atoms with Crippen LogP contribution >= 0.6 is 0 Å². The van der Waals surface area contributed by atoms with Crippen molar-refractivity contribution < 1.29 is 18.7 Å². The van der Waals surface area contributed by atoms with Crippen molar-refractivity contribution in [3.05, 3.63) is 59.4 Å². The molecule has 6 heteroatoms. The van der Waals surface area contributed by atoms with Crippen LogP contribution in [0, 0.1) is 5.82 Å². The monoisotopic (exact) mass is 384 g/mol. The quantitative estimate of drug-likeness (QED) is 0.793. The fourth-order valence-corrected chi connectivity index (χ4v) is 3.92. The van der Waals surface area contributed by atoms with Gasteiger partial charge in [0, 0.05) is 25.2 Å². The number of hydrogen-bond acceptors (Lipinski definition) is 4. The molecule has 2 aliphatic rings. The van der Waals surface area contributed by atoms with Crippen LogP contribution in [0.2, 0.25) is 0 Å². The van der Waals surface area contributed by atoms with Crippen LogP contribution in [0.15, 0.2) is 42.5 Å². The van der Waals surface area contributed by atoms with E-state index >= 15 is 0 Å². The van der Waals surface area contributed by atoms with E-state index in [1.54, 1.807) is 30.1 Å². The first kappa shape index (κ1) is 18.7. The molecule has 1 saturated heterocycles. The first-order valence-corrected chi connectivity index (χ1v) is 9.73. The Balaban J connectivity index is 1.42. The number of likely N-dealkylation sites (N-methyl/N-ethyl adjacent to an activating group) is 1. The highest BCUT2D eigenvalue weighted by molar-refractivity contribution is 5.78. The Morgan fingerprint density at radius 2 is 1.96 bits per heavy atom. The molecule has 2 aliphatic heterocycles. The smallest absolute Gasteiger partial charge is 0.236 e. The molecule has 28 heavy (non-hydrogen) atoms. The zero-order valence-corrected chi connectivity index (χ0v) is 16.1. The van der Waals surface area contributed by atoms with Crippen LogP contribution < -0.4 is 9.47 Å². The van der Waals surface area contributed by atoms with Crippen molar-refractivity contribution in [2.24, 2.45) is 0 Å². The topological polar surface area (TPSA) is 42.0 Å². The van der Waals surface area contributed by atoms with Gasteiger partial charge in [0.2, 0.25) is 5.91 Å². The van der Waals surface area contributed by atoms with Crippen LogP contribution in [0.4, 0.5) is 4.39 Å². The van der Waals surface area contributed by atoms with Gasteiger partial charge in [0.15, 0.2) is 11.5 Å². The molecule has 4 rings (SSSR count). The highest BCUT2D eigenvalue weighted by Crippen LogP contribution is 2.37. The van der Waals surface area contributed by atoms with E-state index < -0.39 is 0 Å². The number of amides is 1. The molecule has 0 radical (unpaired) electrons. The number of benzene rings is 2. The number of hydrogen-bond donors (Lipinski definition) is 0. The zero-order valence-electron chi connectivity index (χ0n) is 16.1. The van der Waals surface area contributed by atoms with E-state index in [4.69, 9.17) is 9.47 Å². The number of nitrogens with zero attached hydrogens (tertiary/aromatic N) is 2. The van der Waals surface area contributed by atoms with Crippen molar-refractivity contribution in [1.82, 2.24) is 9.80 Å². The largest absolute Gasteiger partial charge is 0.486 e. The van der Waals surface area contributed by atoms with Crippen molar-refractivity contribution in [2.45, 2.75) is 25.4 Å². The molecule has 2 aromatic rings. The van der Waals surface area contributed by atoms with Crippen LogP contribution in [-0.4, -0.2) is 49.1 Å². The van der Waals surface area contributed by atoms with Crippen molar-refractivity contribution >= 4 is 5.91 Å². The summed E-state index contributed by atoms with van der Waals surface area (Å²) in [6.45, 7) is 2.60. The van der Waals surface area contributed by atoms with Crippen LogP contribution in [0.25, 0.3) is 0 Å². The highest BCUT2D eigenvalue weighted by atomic mass is 19.1. The van der Waals surface area contributed by atoms with Crippen LogP contribution in [0.1, 0.15) is 30.0 Å². The summed E-state index contributed by atoms with van der Waals surface area (Å²) in [5.41, 5.74) is 1.68. The SMILES string of the molecule is CN(Cc1ccccc1F)C(=O)CN1CCC[C@@H]1c1ccc2c(c1)OCCO2. The molecular formula is C22H25FN2O3. The molecule has 1 atom stereocenters. The number of carbonyl (C=O) groups excluding carboxylic acids is 1. The predicted octanol–water partition coefficient (Wildman–Crippen LogP) is 3.39. The minimum Gasteiger partial charge on any atom is -0.486 e. The Kier molecular flexibility index (Phi) is 5.48. The molecule has 0 bridgehead atoms. The van der Waals surface area contributed by atoms with Crippen molar-refractivity contribution in [2.75, 3.05) is 33.4 Å². The molecule has 0 saturated carbocycles. The Morgan fingerprint density at radius 3 is 2.79 bits per heavy atom. The lowest BCUT2D eigenvalue weighted by molar-refractivity contribution is -0.131. The molecule has 5 nitrogen and oxygen atoms in total. The maximum atomic E-state index is 13.9. The minimum absolute atomic E-state index is 0.00676. The number of carbonyl (C=O) groups is 1. The summed E-state index contributed by atoms with van der Waals surface area (Å²) < 4.78 is 25.2. The van der Waals surface area contributed by atoms with E-state index in [0.29, 0.717) is 25.3 Å². The normalized spacial score (nSPS) is 18.9. The van der Waals surface area contributed by atoms with Gasteiger partial charge in [-0.15, -0.1) is 0 Å². The zero-order chi connectivity index (χ0) is 19.5. The lowest BCUT2D eigenvalue weighted by Gasteiger charge is -2.28. The second kappa shape index (κ2) is 8.19. The maximum absolute atomic E-state index is 13.9. The van der Waals surface area contributed by atoms with Gasteiger partial charge in [-0.05, 0) is 43.1 Å². The van der Waals surface area contributed by atoms with E-state index in [-0.39, 0.29) is 24.3 Å². The number of halogens is 1. The number of rotatable bonds is 5. The third kappa shape index (κ3) is 3.97. The van der Waals surface area contributed by atoms with Gasteiger partial charge in [0.05, 0.1) is 6.54 Å². The number of fused-ring (bicyclic) bond motifs is 1. The van der Waals surface area contributed by atoms with Gasteiger partial charge in [-0.2, -0.15) is 0 Å². The molecule has 1 fully saturated rings. The molecular weight excluding hydrogens is 359 g/mol. The van der Waals surface area contributed by atoms with E-state index in [1.165, 1.54) is 6.07 Å². The van der Waals surface area contributed by atoms with E-state index in [9.17, 15) is 9.18 Å². The Hall–Kier alpha value is -2.60. The molecule has 0 spiro atoms. The molecule has 2 heterocycles.